The quantitative estimate of drug-likeness (QED) is 0.712. The predicted molar refractivity (Wildman–Crippen MR) is 58.5 cm³/mol. The Morgan fingerprint density at radius 2 is 2.33 bits per heavy atom. The van der Waals surface area contributed by atoms with Crippen LogP contribution in [0.1, 0.15) is 20.3 Å². The van der Waals surface area contributed by atoms with Gasteiger partial charge in [0.05, 0.1) is 6.33 Å². The molecule has 5 nitrogen and oxygen atoms in total. The van der Waals surface area contributed by atoms with Crippen LogP contribution in [0, 0.1) is 0 Å². The number of rotatable bonds is 5. The third-order valence-electron chi connectivity index (χ3n) is 1.86. The van der Waals surface area contributed by atoms with Crippen LogP contribution in [0.3, 0.4) is 0 Å². The van der Waals surface area contributed by atoms with Crippen molar-refractivity contribution >= 4 is 6.03 Å². The van der Waals surface area contributed by atoms with Crippen molar-refractivity contribution in [3.05, 3.63) is 18.7 Å². The van der Waals surface area contributed by atoms with Crippen molar-refractivity contribution in [2.75, 3.05) is 6.54 Å². The van der Waals surface area contributed by atoms with E-state index in [1.807, 2.05) is 24.6 Å². The van der Waals surface area contributed by atoms with Gasteiger partial charge in [0.1, 0.15) is 0 Å². The molecule has 0 unspecified atom stereocenters. The van der Waals surface area contributed by atoms with Crippen molar-refractivity contribution < 1.29 is 4.79 Å². The first kappa shape index (κ1) is 11.6. The maximum Gasteiger partial charge on any atom is 0.314 e. The fourth-order valence-electron chi connectivity index (χ4n) is 1.20. The van der Waals surface area contributed by atoms with Gasteiger partial charge >= 0.3 is 6.03 Å². The fourth-order valence-corrected chi connectivity index (χ4v) is 1.20. The number of aromatic nitrogens is 2. The molecule has 0 aliphatic carbocycles. The minimum atomic E-state index is -0.101. The number of amides is 2. The van der Waals surface area contributed by atoms with Crippen molar-refractivity contribution in [1.82, 2.24) is 20.2 Å². The molecule has 5 heteroatoms. The van der Waals surface area contributed by atoms with Gasteiger partial charge in [-0.2, -0.15) is 0 Å². The molecular formula is C10H18N4O. The van der Waals surface area contributed by atoms with Crippen LogP contribution in [0.4, 0.5) is 4.79 Å². The van der Waals surface area contributed by atoms with Gasteiger partial charge in [-0.25, -0.2) is 9.78 Å². The van der Waals surface area contributed by atoms with Crippen LogP contribution >= 0.6 is 0 Å². The second kappa shape index (κ2) is 6.06. The van der Waals surface area contributed by atoms with Crippen LogP contribution in [0.15, 0.2) is 18.7 Å². The zero-order valence-corrected chi connectivity index (χ0v) is 9.23. The molecule has 0 atom stereocenters. The average molecular weight is 210 g/mol. The molecule has 0 aromatic carbocycles. The highest BCUT2D eigenvalue weighted by atomic mass is 16.2. The second-order valence-electron chi connectivity index (χ2n) is 3.71. The Kier molecular flexibility index (Phi) is 4.66. The van der Waals surface area contributed by atoms with E-state index in [9.17, 15) is 4.79 Å². The number of carbonyl (C=O) groups is 1. The van der Waals surface area contributed by atoms with Gasteiger partial charge in [0, 0.05) is 31.5 Å². The number of urea groups is 1. The van der Waals surface area contributed by atoms with E-state index in [-0.39, 0.29) is 12.1 Å². The summed E-state index contributed by atoms with van der Waals surface area (Å²) < 4.78 is 1.99. The number of hydrogen-bond donors (Lipinski definition) is 2. The van der Waals surface area contributed by atoms with Gasteiger partial charge in [-0.15, -0.1) is 0 Å². The second-order valence-corrected chi connectivity index (χ2v) is 3.71. The molecule has 0 saturated heterocycles. The van der Waals surface area contributed by atoms with Gasteiger partial charge < -0.3 is 15.2 Å². The number of imidazole rings is 1. The van der Waals surface area contributed by atoms with Crippen LogP contribution < -0.4 is 10.6 Å². The van der Waals surface area contributed by atoms with Crippen LogP contribution in [-0.4, -0.2) is 28.2 Å². The normalized spacial score (nSPS) is 10.3. The molecule has 84 valence electrons. The fraction of sp³-hybridized carbons (Fsp3) is 0.600. The van der Waals surface area contributed by atoms with Gasteiger partial charge in [-0.3, -0.25) is 0 Å². The Balaban J connectivity index is 2.04. The summed E-state index contributed by atoms with van der Waals surface area (Å²) in [6.07, 6.45) is 6.34. The Morgan fingerprint density at radius 3 is 2.93 bits per heavy atom. The van der Waals surface area contributed by atoms with Gasteiger partial charge in [0.2, 0.25) is 0 Å². The van der Waals surface area contributed by atoms with E-state index in [4.69, 9.17) is 0 Å². The summed E-state index contributed by atoms with van der Waals surface area (Å²) in [6, 6.07) is 0.0780. The molecule has 1 aromatic rings. The molecule has 2 amide bonds. The third kappa shape index (κ3) is 5.05. The lowest BCUT2D eigenvalue weighted by atomic mass is 10.4. The SMILES string of the molecule is CC(C)NC(=O)NCCCn1ccnc1. The first-order valence-corrected chi connectivity index (χ1v) is 5.18. The molecule has 1 heterocycles. The van der Waals surface area contributed by atoms with E-state index in [0.29, 0.717) is 6.54 Å². The monoisotopic (exact) mass is 210 g/mol. The molecule has 0 aliphatic rings. The molecule has 2 N–H and O–H groups in total. The highest BCUT2D eigenvalue weighted by Crippen LogP contribution is 1.88. The number of aryl methyl sites for hydroxylation is 1. The summed E-state index contributed by atoms with van der Waals surface area (Å²) in [5.74, 6) is 0. The van der Waals surface area contributed by atoms with E-state index in [2.05, 4.69) is 15.6 Å². The molecule has 0 spiro atoms. The molecule has 0 bridgehead atoms. The zero-order chi connectivity index (χ0) is 11.1. The van der Waals surface area contributed by atoms with Crippen molar-refractivity contribution in [3.8, 4) is 0 Å². The molecular weight excluding hydrogens is 192 g/mol. The number of nitrogens with one attached hydrogen (secondary N) is 2. The molecule has 1 rings (SSSR count). The Morgan fingerprint density at radius 1 is 1.53 bits per heavy atom. The standard InChI is InChI=1S/C10H18N4O/c1-9(2)13-10(15)12-4-3-6-14-7-5-11-8-14/h5,7-9H,3-4,6H2,1-2H3,(H2,12,13,15). The molecule has 0 saturated carbocycles. The predicted octanol–water partition coefficient (Wildman–Crippen LogP) is 0.981. The topological polar surface area (TPSA) is 59.0 Å². The summed E-state index contributed by atoms with van der Waals surface area (Å²) in [4.78, 5) is 15.1. The van der Waals surface area contributed by atoms with Crippen molar-refractivity contribution in [2.45, 2.75) is 32.9 Å². The van der Waals surface area contributed by atoms with E-state index in [1.54, 1.807) is 12.5 Å². The van der Waals surface area contributed by atoms with Crippen LogP contribution in [-0.2, 0) is 6.54 Å². The highest BCUT2D eigenvalue weighted by molar-refractivity contribution is 5.73. The van der Waals surface area contributed by atoms with Crippen molar-refractivity contribution in [3.63, 3.8) is 0 Å². The summed E-state index contributed by atoms with van der Waals surface area (Å²) in [5, 5.41) is 5.56. The Bertz CT molecular complexity index is 282. The lowest BCUT2D eigenvalue weighted by Crippen LogP contribution is -2.39. The molecule has 0 fully saturated rings. The highest BCUT2D eigenvalue weighted by Gasteiger charge is 2.00. The van der Waals surface area contributed by atoms with Gasteiger partial charge in [-0.1, -0.05) is 0 Å². The van der Waals surface area contributed by atoms with E-state index < -0.39 is 0 Å². The summed E-state index contributed by atoms with van der Waals surface area (Å²) in [6.45, 7) is 5.43. The Labute approximate surface area is 89.9 Å². The smallest absolute Gasteiger partial charge is 0.314 e. The van der Waals surface area contributed by atoms with Crippen LogP contribution in [0.5, 0.6) is 0 Å². The molecule has 0 radical (unpaired) electrons. The van der Waals surface area contributed by atoms with Crippen LogP contribution in [0.25, 0.3) is 0 Å². The van der Waals surface area contributed by atoms with Gasteiger partial charge in [0.25, 0.3) is 0 Å². The Hall–Kier alpha value is -1.52. The van der Waals surface area contributed by atoms with E-state index in [0.717, 1.165) is 13.0 Å². The van der Waals surface area contributed by atoms with E-state index >= 15 is 0 Å². The first-order chi connectivity index (χ1) is 7.18. The average Bonchev–Trinajstić information content (AvgIpc) is 2.63. The van der Waals surface area contributed by atoms with Gasteiger partial charge in [-0.05, 0) is 20.3 Å². The maximum absolute atomic E-state index is 11.2. The van der Waals surface area contributed by atoms with E-state index in [1.165, 1.54) is 0 Å². The van der Waals surface area contributed by atoms with Gasteiger partial charge in [0.15, 0.2) is 0 Å². The maximum atomic E-state index is 11.2. The number of nitrogens with zero attached hydrogens (tertiary/aromatic N) is 2. The minimum absolute atomic E-state index is 0.101. The summed E-state index contributed by atoms with van der Waals surface area (Å²) >= 11 is 0. The summed E-state index contributed by atoms with van der Waals surface area (Å²) in [5.41, 5.74) is 0. The third-order valence-corrected chi connectivity index (χ3v) is 1.86. The molecule has 0 aliphatic heterocycles. The number of carbonyl (C=O) groups excluding carboxylic acids is 1. The molecule has 15 heavy (non-hydrogen) atoms. The summed E-state index contributed by atoms with van der Waals surface area (Å²) in [7, 11) is 0. The van der Waals surface area contributed by atoms with Crippen molar-refractivity contribution in [2.24, 2.45) is 0 Å². The number of hydrogen-bond acceptors (Lipinski definition) is 2. The molecule has 1 aromatic heterocycles. The largest absolute Gasteiger partial charge is 0.338 e. The minimum Gasteiger partial charge on any atom is -0.338 e. The lowest BCUT2D eigenvalue weighted by molar-refractivity contribution is 0.238. The van der Waals surface area contributed by atoms with Crippen molar-refractivity contribution in [1.29, 1.82) is 0 Å². The first-order valence-electron chi connectivity index (χ1n) is 5.18. The zero-order valence-electron chi connectivity index (χ0n) is 9.23. The van der Waals surface area contributed by atoms with Crippen LogP contribution in [0.2, 0.25) is 0 Å². The lowest BCUT2D eigenvalue weighted by Gasteiger charge is -2.09.